The van der Waals surface area contributed by atoms with Crippen LogP contribution in [0.25, 0.3) is 0 Å². The molecule has 0 aliphatic rings. The molecular weight excluding hydrogens is 336 g/mol. The van der Waals surface area contributed by atoms with Crippen molar-refractivity contribution in [1.82, 2.24) is 4.98 Å². The molecule has 5 heteroatoms. The van der Waals surface area contributed by atoms with Crippen LogP contribution in [0.3, 0.4) is 0 Å². The molecule has 20 heavy (non-hydrogen) atoms. The van der Waals surface area contributed by atoms with Crippen LogP contribution >= 0.6 is 27.3 Å². The van der Waals surface area contributed by atoms with Crippen LogP contribution in [-0.2, 0) is 13.2 Å². The van der Waals surface area contributed by atoms with Gasteiger partial charge in [-0.25, -0.2) is 4.98 Å². The summed E-state index contributed by atoms with van der Waals surface area (Å²) in [5.41, 5.74) is 1.93. The van der Waals surface area contributed by atoms with Crippen LogP contribution in [0.4, 0.5) is 5.82 Å². The number of rotatable bonds is 5. The Hall–Kier alpha value is -0.910. The van der Waals surface area contributed by atoms with Crippen LogP contribution < -0.4 is 4.90 Å². The Balaban J connectivity index is 2.24. The first kappa shape index (κ1) is 15.5. The standard InChI is InChI=1S/C15H19BrN2OS/c1-10(2)14-4-11(8-19)5-15(17-14)18(3)7-13-6-12(16)9-20-13/h4-6,9-10,19H,7-8H2,1-3H3. The second kappa shape index (κ2) is 6.70. The van der Waals surface area contributed by atoms with E-state index >= 15 is 0 Å². The smallest absolute Gasteiger partial charge is 0.129 e. The molecule has 0 atom stereocenters. The van der Waals surface area contributed by atoms with Gasteiger partial charge in [0.1, 0.15) is 5.82 Å². The molecule has 0 aromatic carbocycles. The Morgan fingerprint density at radius 1 is 1.35 bits per heavy atom. The maximum absolute atomic E-state index is 9.39. The number of halogens is 1. The van der Waals surface area contributed by atoms with Gasteiger partial charge < -0.3 is 10.0 Å². The average molecular weight is 355 g/mol. The Morgan fingerprint density at radius 3 is 2.65 bits per heavy atom. The highest BCUT2D eigenvalue weighted by molar-refractivity contribution is 9.10. The van der Waals surface area contributed by atoms with E-state index in [-0.39, 0.29) is 6.61 Å². The molecule has 0 aliphatic carbocycles. The first-order chi connectivity index (χ1) is 9.49. The fraction of sp³-hybridized carbons (Fsp3) is 0.400. The van der Waals surface area contributed by atoms with Crippen molar-refractivity contribution in [3.8, 4) is 0 Å². The second-order valence-corrected chi connectivity index (χ2v) is 7.07. The molecule has 0 spiro atoms. The zero-order valence-corrected chi connectivity index (χ0v) is 14.3. The molecule has 0 unspecified atom stereocenters. The summed E-state index contributed by atoms with van der Waals surface area (Å²) in [5, 5.41) is 11.5. The Bertz CT molecular complexity index is 583. The number of aromatic nitrogens is 1. The van der Waals surface area contributed by atoms with E-state index in [0.717, 1.165) is 28.1 Å². The lowest BCUT2D eigenvalue weighted by atomic mass is 10.1. The normalized spacial score (nSPS) is 11.1. The highest BCUT2D eigenvalue weighted by Crippen LogP contribution is 2.24. The van der Waals surface area contributed by atoms with Crippen molar-refractivity contribution in [2.24, 2.45) is 0 Å². The van der Waals surface area contributed by atoms with E-state index in [1.807, 2.05) is 19.2 Å². The van der Waals surface area contributed by atoms with E-state index in [1.165, 1.54) is 4.88 Å². The van der Waals surface area contributed by atoms with Gasteiger partial charge in [0.25, 0.3) is 0 Å². The minimum Gasteiger partial charge on any atom is -0.392 e. The largest absolute Gasteiger partial charge is 0.392 e. The molecule has 0 aliphatic heterocycles. The second-order valence-electron chi connectivity index (χ2n) is 5.16. The molecular formula is C15H19BrN2OS. The molecule has 0 saturated carbocycles. The summed E-state index contributed by atoms with van der Waals surface area (Å²) in [6.45, 7) is 5.09. The predicted molar refractivity (Wildman–Crippen MR) is 88.4 cm³/mol. The number of hydrogen-bond acceptors (Lipinski definition) is 4. The van der Waals surface area contributed by atoms with Crippen LogP contribution in [0.5, 0.6) is 0 Å². The van der Waals surface area contributed by atoms with Crippen molar-refractivity contribution >= 4 is 33.1 Å². The molecule has 1 N–H and O–H groups in total. The van der Waals surface area contributed by atoms with Crippen LogP contribution in [0.2, 0.25) is 0 Å². The lowest BCUT2D eigenvalue weighted by molar-refractivity contribution is 0.281. The van der Waals surface area contributed by atoms with E-state index in [9.17, 15) is 5.11 Å². The SMILES string of the molecule is CC(C)c1cc(CO)cc(N(C)Cc2cc(Br)cs2)n1. The Morgan fingerprint density at radius 2 is 2.10 bits per heavy atom. The van der Waals surface area contributed by atoms with Crippen molar-refractivity contribution in [1.29, 1.82) is 0 Å². The van der Waals surface area contributed by atoms with Gasteiger partial charge in [0.2, 0.25) is 0 Å². The van der Waals surface area contributed by atoms with Crippen molar-refractivity contribution in [3.63, 3.8) is 0 Å². The molecule has 0 radical (unpaired) electrons. The maximum atomic E-state index is 9.39. The van der Waals surface area contributed by atoms with Gasteiger partial charge in [0.15, 0.2) is 0 Å². The van der Waals surface area contributed by atoms with E-state index in [0.29, 0.717) is 5.92 Å². The van der Waals surface area contributed by atoms with Crippen LogP contribution in [0.15, 0.2) is 28.1 Å². The Labute approximate surface area is 132 Å². The number of anilines is 1. The van der Waals surface area contributed by atoms with Crippen molar-refractivity contribution in [2.45, 2.75) is 32.9 Å². The molecule has 0 saturated heterocycles. The molecule has 108 valence electrons. The van der Waals surface area contributed by atoms with Crippen molar-refractivity contribution in [2.75, 3.05) is 11.9 Å². The van der Waals surface area contributed by atoms with E-state index in [4.69, 9.17) is 4.98 Å². The fourth-order valence-electron chi connectivity index (χ4n) is 1.93. The molecule has 3 nitrogen and oxygen atoms in total. The lowest BCUT2D eigenvalue weighted by Crippen LogP contribution is -2.18. The maximum Gasteiger partial charge on any atom is 0.129 e. The van der Waals surface area contributed by atoms with Gasteiger partial charge in [-0.3, -0.25) is 0 Å². The molecule has 0 amide bonds. The first-order valence-corrected chi connectivity index (χ1v) is 8.22. The third-order valence-electron chi connectivity index (χ3n) is 3.07. The van der Waals surface area contributed by atoms with Crippen molar-refractivity contribution in [3.05, 3.63) is 44.2 Å². The number of thiophene rings is 1. The van der Waals surface area contributed by atoms with E-state index in [2.05, 4.69) is 46.1 Å². The molecule has 0 fully saturated rings. The van der Waals surface area contributed by atoms with Gasteiger partial charge in [-0.2, -0.15) is 0 Å². The van der Waals surface area contributed by atoms with Gasteiger partial charge in [-0.15, -0.1) is 11.3 Å². The highest BCUT2D eigenvalue weighted by Gasteiger charge is 2.10. The summed E-state index contributed by atoms with van der Waals surface area (Å²) in [4.78, 5) is 8.09. The summed E-state index contributed by atoms with van der Waals surface area (Å²) < 4.78 is 1.12. The Kier molecular flexibility index (Phi) is 5.18. The quantitative estimate of drug-likeness (QED) is 0.875. The van der Waals surface area contributed by atoms with Crippen molar-refractivity contribution < 1.29 is 5.11 Å². The van der Waals surface area contributed by atoms with Gasteiger partial charge in [0.05, 0.1) is 13.2 Å². The number of aliphatic hydroxyl groups excluding tert-OH is 1. The summed E-state index contributed by atoms with van der Waals surface area (Å²) in [5.74, 6) is 1.26. The molecule has 2 heterocycles. The number of pyridine rings is 1. The third-order valence-corrected chi connectivity index (χ3v) is 4.75. The first-order valence-electron chi connectivity index (χ1n) is 6.55. The summed E-state index contributed by atoms with van der Waals surface area (Å²) in [6.07, 6.45) is 0. The topological polar surface area (TPSA) is 36.4 Å². The van der Waals surface area contributed by atoms with E-state index < -0.39 is 0 Å². The number of nitrogens with zero attached hydrogens (tertiary/aromatic N) is 2. The number of aliphatic hydroxyl groups is 1. The summed E-state index contributed by atoms with van der Waals surface area (Å²) in [7, 11) is 2.03. The van der Waals surface area contributed by atoms with Crippen LogP contribution in [0, 0.1) is 0 Å². The molecule has 2 rings (SSSR count). The van der Waals surface area contributed by atoms with Gasteiger partial charge in [0, 0.05) is 27.5 Å². The summed E-state index contributed by atoms with van der Waals surface area (Å²) in [6, 6.07) is 6.05. The summed E-state index contributed by atoms with van der Waals surface area (Å²) >= 11 is 5.20. The van der Waals surface area contributed by atoms with Gasteiger partial charge in [-0.1, -0.05) is 13.8 Å². The zero-order chi connectivity index (χ0) is 14.7. The van der Waals surface area contributed by atoms with Gasteiger partial charge in [-0.05, 0) is 45.6 Å². The zero-order valence-electron chi connectivity index (χ0n) is 11.9. The minimum atomic E-state index is 0.0492. The highest BCUT2D eigenvalue weighted by atomic mass is 79.9. The average Bonchev–Trinajstić information content (AvgIpc) is 2.83. The van der Waals surface area contributed by atoms with Crippen LogP contribution in [-0.4, -0.2) is 17.1 Å². The molecule has 2 aromatic rings. The lowest BCUT2D eigenvalue weighted by Gasteiger charge is -2.20. The monoisotopic (exact) mass is 354 g/mol. The molecule has 0 bridgehead atoms. The molecule has 2 aromatic heterocycles. The third kappa shape index (κ3) is 3.81. The van der Waals surface area contributed by atoms with Crippen LogP contribution in [0.1, 0.15) is 35.9 Å². The predicted octanol–water partition coefficient (Wildman–Crippen LogP) is 4.16. The number of hydrogen-bond donors (Lipinski definition) is 1. The van der Waals surface area contributed by atoms with Gasteiger partial charge >= 0.3 is 0 Å². The van der Waals surface area contributed by atoms with E-state index in [1.54, 1.807) is 11.3 Å². The fourth-order valence-corrected chi connectivity index (χ4v) is 3.43. The minimum absolute atomic E-state index is 0.0492.